The van der Waals surface area contributed by atoms with Crippen LogP contribution in [0, 0.1) is 0 Å². The van der Waals surface area contributed by atoms with Crippen molar-refractivity contribution in [3.05, 3.63) is 65.9 Å². The summed E-state index contributed by atoms with van der Waals surface area (Å²) in [6.45, 7) is 6.93. The van der Waals surface area contributed by atoms with Crippen LogP contribution in [0.25, 0.3) is 10.9 Å². The molecule has 3 rings (SSSR count). The number of hydrogen-bond donors (Lipinski definition) is 2. The van der Waals surface area contributed by atoms with Crippen molar-refractivity contribution in [3.8, 4) is 5.75 Å². The minimum absolute atomic E-state index is 0.0392. The lowest BCUT2D eigenvalue weighted by atomic mass is 10.1. The van der Waals surface area contributed by atoms with Gasteiger partial charge in [0, 0.05) is 17.3 Å². The molecule has 8 heteroatoms. The van der Waals surface area contributed by atoms with Gasteiger partial charge in [0.05, 0.1) is 6.61 Å². The third-order valence-electron chi connectivity index (χ3n) is 4.98. The molecule has 1 atom stereocenters. The Bertz CT molecular complexity index is 1180. The zero-order valence-electron chi connectivity index (χ0n) is 19.8. The molecule has 0 saturated carbocycles. The van der Waals surface area contributed by atoms with Crippen LogP contribution >= 0.6 is 0 Å². The predicted octanol–water partition coefficient (Wildman–Crippen LogP) is 3.59. The number of phenolic OH excluding ortho intramolecular Hbond substituents is 1. The average Bonchev–Trinajstić information content (AvgIpc) is 3.10. The molecule has 0 spiro atoms. The monoisotopic (exact) mass is 466 g/mol. The highest BCUT2D eigenvalue weighted by molar-refractivity contribution is 5.97. The molecule has 34 heavy (non-hydrogen) atoms. The molecule has 180 valence electrons. The molecule has 0 aliphatic rings. The van der Waals surface area contributed by atoms with Gasteiger partial charge in [-0.25, -0.2) is 9.59 Å². The van der Waals surface area contributed by atoms with Crippen LogP contribution in [0.15, 0.2) is 54.6 Å². The molecule has 1 unspecified atom stereocenters. The molecule has 0 aliphatic carbocycles. The van der Waals surface area contributed by atoms with Gasteiger partial charge in [-0.3, -0.25) is 4.79 Å². The summed E-state index contributed by atoms with van der Waals surface area (Å²) in [7, 11) is 0. The van der Waals surface area contributed by atoms with Gasteiger partial charge in [0.25, 0.3) is 0 Å². The summed E-state index contributed by atoms with van der Waals surface area (Å²) in [5.74, 6) is -1.56. The average molecular weight is 467 g/mol. The molecular formula is C26H30N2O6. The molecule has 1 aromatic heterocycles. The number of aromatic nitrogens is 1. The number of fused-ring (bicyclic) bond motifs is 1. The van der Waals surface area contributed by atoms with Crippen molar-refractivity contribution in [1.82, 2.24) is 9.88 Å². The summed E-state index contributed by atoms with van der Waals surface area (Å²) < 4.78 is 12.2. The first-order valence-electron chi connectivity index (χ1n) is 11.1. The summed E-state index contributed by atoms with van der Waals surface area (Å²) in [5.41, 5.74) is 0.905. The number of phenols is 1. The van der Waals surface area contributed by atoms with Gasteiger partial charge in [-0.15, -0.1) is 0 Å². The lowest BCUT2D eigenvalue weighted by Crippen LogP contribution is -2.46. The van der Waals surface area contributed by atoms with Crippen LogP contribution < -0.4 is 5.32 Å². The molecule has 3 aromatic rings. The summed E-state index contributed by atoms with van der Waals surface area (Å²) >= 11 is 0. The van der Waals surface area contributed by atoms with E-state index in [0.29, 0.717) is 10.9 Å². The van der Waals surface area contributed by atoms with E-state index in [1.165, 1.54) is 16.7 Å². The summed E-state index contributed by atoms with van der Waals surface area (Å²) in [5, 5.41) is 13.2. The van der Waals surface area contributed by atoms with Crippen molar-refractivity contribution in [1.29, 1.82) is 0 Å². The van der Waals surface area contributed by atoms with Gasteiger partial charge in [-0.2, -0.15) is 0 Å². The molecule has 2 aromatic carbocycles. The fraction of sp³-hybridized carbons (Fsp3) is 0.346. The van der Waals surface area contributed by atoms with E-state index in [0.717, 1.165) is 5.56 Å². The van der Waals surface area contributed by atoms with Crippen LogP contribution in [0.5, 0.6) is 5.75 Å². The summed E-state index contributed by atoms with van der Waals surface area (Å²) in [4.78, 5) is 38.5. The van der Waals surface area contributed by atoms with Crippen molar-refractivity contribution in [3.63, 3.8) is 0 Å². The Labute approximate surface area is 198 Å². The van der Waals surface area contributed by atoms with Gasteiger partial charge in [0.15, 0.2) is 0 Å². The standard InChI is InChI=1S/C26H30N2O6/c1-5-33-25(32)22-15-18-14-19(29)11-12-21(18)28(22)16-23(30)27-20(24(31)34-26(2,3)4)13-17-9-7-6-8-10-17/h6-12,14-15,20,29H,5,13,16H2,1-4H3,(H,27,30). The number of esters is 2. The lowest BCUT2D eigenvalue weighted by molar-refractivity contribution is -0.158. The van der Waals surface area contributed by atoms with E-state index in [9.17, 15) is 19.5 Å². The molecule has 8 nitrogen and oxygen atoms in total. The topological polar surface area (TPSA) is 107 Å². The first-order valence-corrected chi connectivity index (χ1v) is 11.1. The number of benzene rings is 2. The molecule has 1 heterocycles. The number of aromatic hydroxyl groups is 1. The van der Waals surface area contributed by atoms with Gasteiger partial charge in [-0.05, 0) is 57.5 Å². The molecule has 0 aliphatic heterocycles. The highest BCUT2D eigenvalue weighted by atomic mass is 16.6. The Morgan fingerprint density at radius 2 is 1.76 bits per heavy atom. The van der Waals surface area contributed by atoms with Gasteiger partial charge in [0.1, 0.15) is 29.6 Å². The highest BCUT2D eigenvalue weighted by Gasteiger charge is 2.28. The van der Waals surface area contributed by atoms with E-state index in [2.05, 4.69) is 5.32 Å². The fourth-order valence-electron chi connectivity index (χ4n) is 3.60. The number of carbonyl (C=O) groups is 3. The molecule has 0 saturated heterocycles. The second-order valence-corrected chi connectivity index (χ2v) is 8.92. The number of nitrogens with zero attached hydrogens (tertiary/aromatic N) is 1. The Morgan fingerprint density at radius 1 is 1.06 bits per heavy atom. The number of nitrogens with one attached hydrogen (secondary N) is 1. The number of ether oxygens (including phenoxy) is 2. The van der Waals surface area contributed by atoms with Crippen LogP contribution in [0.1, 0.15) is 43.7 Å². The quantitative estimate of drug-likeness (QED) is 0.492. The maximum Gasteiger partial charge on any atom is 0.354 e. The smallest absolute Gasteiger partial charge is 0.354 e. The second kappa shape index (κ2) is 10.4. The summed E-state index contributed by atoms with van der Waals surface area (Å²) in [6, 6.07) is 14.6. The molecule has 0 radical (unpaired) electrons. The Hall–Kier alpha value is -3.81. The van der Waals surface area contributed by atoms with Crippen molar-refractivity contribution in [2.75, 3.05) is 6.61 Å². The van der Waals surface area contributed by atoms with E-state index in [-0.39, 0.29) is 31.0 Å². The van der Waals surface area contributed by atoms with Crippen LogP contribution in [-0.4, -0.2) is 45.8 Å². The molecule has 2 N–H and O–H groups in total. The minimum Gasteiger partial charge on any atom is -0.508 e. The highest BCUT2D eigenvalue weighted by Crippen LogP contribution is 2.25. The molecular weight excluding hydrogens is 436 g/mol. The van der Waals surface area contributed by atoms with Crippen LogP contribution in [0.4, 0.5) is 0 Å². The predicted molar refractivity (Wildman–Crippen MR) is 127 cm³/mol. The first-order chi connectivity index (χ1) is 16.1. The van der Waals surface area contributed by atoms with E-state index in [4.69, 9.17) is 9.47 Å². The third kappa shape index (κ3) is 6.37. The summed E-state index contributed by atoms with van der Waals surface area (Å²) in [6.07, 6.45) is 0.256. The lowest BCUT2D eigenvalue weighted by Gasteiger charge is -2.25. The van der Waals surface area contributed by atoms with Crippen molar-refractivity contribution < 1.29 is 29.0 Å². The minimum atomic E-state index is -0.911. The van der Waals surface area contributed by atoms with Gasteiger partial charge >= 0.3 is 11.9 Å². The van der Waals surface area contributed by atoms with Gasteiger partial charge in [-0.1, -0.05) is 30.3 Å². The first kappa shape index (κ1) is 24.8. The van der Waals surface area contributed by atoms with Crippen molar-refractivity contribution in [2.24, 2.45) is 0 Å². The van der Waals surface area contributed by atoms with Gasteiger partial charge in [0.2, 0.25) is 5.91 Å². The zero-order chi connectivity index (χ0) is 24.9. The largest absolute Gasteiger partial charge is 0.508 e. The van der Waals surface area contributed by atoms with E-state index < -0.39 is 29.5 Å². The maximum absolute atomic E-state index is 13.1. The maximum atomic E-state index is 13.1. The zero-order valence-corrected chi connectivity index (χ0v) is 19.8. The second-order valence-electron chi connectivity index (χ2n) is 8.92. The number of rotatable bonds is 8. The van der Waals surface area contributed by atoms with Crippen LogP contribution in [0.2, 0.25) is 0 Å². The number of carbonyl (C=O) groups excluding carboxylic acids is 3. The third-order valence-corrected chi connectivity index (χ3v) is 4.98. The molecule has 0 fully saturated rings. The Kier molecular flexibility index (Phi) is 7.61. The van der Waals surface area contributed by atoms with Gasteiger partial charge < -0.3 is 24.5 Å². The number of hydrogen-bond acceptors (Lipinski definition) is 6. The van der Waals surface area contributed by atoms with Crippen LogP contribution in [-0.2, 0) is 32.0 Å². The normalized spacial score (nSPS) is 12.2. The van der Waals surface area contributed by atoms with Crippen molar-refractivity contribution in [2.45, 2.75) is 52.3 Å². The van der Waals surface area contributed by atoms with E-state index in [1.54, 1.807) is 39.8 Å². The van der Waals surface area contributed by atoms with Crippen LogP contribution in [0.3, 0.4) is 0 Å². The Morgan fingerprint density at radius 3 is 2.41 bits per heavy atom. The van der Waals surface area contributed by atoms with E-state index in [1.807, 2.05) is 30.3 Å². The fourth-order valence-corrected chi connectivity index (χ4v) is 3.60. The molecule has 1 amide bonds. The molecule has 0 bridgehead atoms. The Balaban J connectivity index is 1.87. The SMILES string of the molecule is CCOC(=O)c1cc2cc(O)ccc2n1CC(=O)NC(Cc1ccccc1)C(=O)OC(C)(C)C. The van der Waals surface area contributed by atoms with Crippen molar-refractivity contribution >= 4 is 28.7 Å². The van der Waals surface area contributed by atoms with E-state index >= 15 is 0 Å². The number of amides is 1.